The van der Waals surface area contributed by atoms with E-state index in [1.165, 1.54) is 0 Å². The highest BCUT2D eigenvalue weighted by Crippen LogP contribution is 2.23. The topological polar surface area (TPSA) is 50.1 Å². The fraction of sp³-hybridized carbons (Fsp3) is 0.429. The summed E-state index contributed by atoms with van der Waals surface area (Å²) in [5.41, 5.74) is -0.407. The number of hydrogen-bond acceptors (Lipinski definition) is 3. The minimum Gasteiger partial charge on any atom is -0.400 e. The number of nitrogens with zero attached hydrogens (tertiary/aromatic N) is 1. The van der Waals surface area contributed by atoms with Crippen LogP contribution in [0.15, 0.2) is 30.3 Å². The monoisotopic (exact) mass is 261 g/mol. The first kappa shape index (κ1) is 14.6. The second-order valence-corrected chi connectivity index (χ2v) is 9.95. The Labute approximate surface area is 110 Å². The molecule has 0 saturated heterocycles. The molecule has 0 bridgehead atoms. The van der Waals surface area contributed by atoms with Gasteiger partial charge in [-0.2, -0.15) is 5.26 Å². The molecule has 1 aromatic carbocycles. The molecule has 0 heterocycles. The van der Waals surface area contributed by atoms with E-state index in [9.17, 15) is 10.1 Å². The maximum atomic E-state index is 12.1. The van der Waals surface area contributed by atoms with Crippen molar-refractivity contribution in [3.63, 3.8) is 0 Å². The van der Waals surface area contributed by atoms with Gasteiger partial charge >= 0.3 is 0 Å². The molecule has 1 aromatic rings. The first-order valence-corrected chi connectivity index (χ1v) is 9.36. The average molecular weight is 261 g/mol. The van der Waals surface area contributed by atoms with Crippen LogP contribution in [0.1, 0.15) is 23.7 Å². The molecular weight excluding hydrogens is 242 g/mol. The molecule has 0 saturated carbocycles. The van der Waals surface area contributed by atoms with Crippen LogP contribution in [0.5, 0.6) is 0 Å². The van der Waals surface area contributed by atoms with Gasteiger partial charge in [-0.05, 0) is 26.6 Å². The average Bonchev–Trinajstić information content (AvgIpc) is 2.27. The zero-order valence-electron chi connectivity index (χ0n) is 11.4. The number of hydrogen-bond donors (Lipinski definition) is 0. The van der Waals surface area contributed by atoms with Crippen LogP contribution in [0.25, 0.3) is 0 Å². The Morgan fingerprint density at radius 1 is 1.33 bits per heavy atom. The first-order chi connectivity index (χ1) is 8.26. The number of Topliss-reactive ketones (excluding diaryl/α,β-unsaturated/α-hetero) is 1. The van der Waals surface area contributed by atoms with Gasteiger partial charge in [0.15, 0.2) is 14.1 Å². The lowest BCUT2D eigenvalue weighted by Gasteiger charge is -2.29. The normalized spacial score (nSPS) is 14.6. The Balaban J connectivity index is 2.82. The van der Waals surface area contributed by atoms with Gasteiger partial charge in [-0.1, -0.05) is 30.3 Å². The summed E-state index contributed by atoms with van der Waals surface area (Å²) in [7, 11) is -1.86. The van der Waals surface area contributed by atoms with E-state index in [2.05, 4.69) is 6.07 Å². The number of carbonyl (C=O) groups excluding carboxylic acids is 1. The van der Waals surface area contributed by atoms with Crippen molar-refractivity contribution in [3.05, 3.63) is 35.9 Å². The van der Waals surface area contributed by atoms with Gasteiger partial charge in [0.25, 0.3) is 0 Å². The van der Waals surface area contributed by atoms with Crippen molar-refractivity contribution in [3.8, 4) is 6.07 Å². The highest BCUT2D eigenvalue weighted by molar-refractivity contribution is 6.69. The van der Waals surface area contributed by atoms with Gasteiger partial charge in [-0.3, -0.25) is 4.79 Å². The van der Waals surface area contributed by atoms with E-state index in [1.807, 2.05) is 37.8 Å². The Hall–Kier alpha value is -1.44. The van der Waals surface area contributed by atoms with E-state index >= 15 is 0 Å². The lowest BCUT2D eigenvalue weighted by molar-refractivity contribution is 0.0817. The van der Waals surface area contributed by atoms with Crippen LogP contribution < -0.4 is 0 Å². The molecule has 1 rings (SSSR count). The first-order valence-electron chi connectivity index (χ1n) is 5.95. The number of ketones is 1. The third-order valence-electron chi connectivity index (χ3n) is 2.36. The fourth-order valence-electron chi connectivity index (χ4n) is 1.81. The standard InChI is InChI=1S/C14H19NO2Si/c1-14(11-15,17-18(2,3)4)10-13(16)12-8-6-5-7-9-12/h5-9H,10H2,1-4H3. The van der Waals surface area contributed by atoms with E-state index in [0.29, 0.717) is 5.56 Å². The Morgan fingerprint density at radius 2 is 1.89 bits per heavy atom. The summed E-state index contributed by atoms with van der Waals surface area (Å²) in [6, 6.07) is 11.1. The van der Waals surface area contributed by atoms with Gasteiger partial charge in [-0.15, -0.1) is 0 Å². The van der Waals surface area contributed by atoms with E-state index in [4.69, 9.17) is 4.43 Å². The molecule has 0 aliphatic heterocycles. The third-order valence-corrected chi connectivity index (χ3v) is 3.42. The zero-order chi connectivity index (χ0) is 13.8. The highest BCUT2D eigenvalue weighted by atomic mass is 28.4. The molecule has 1 atom stereocenters. The molecule has 4 heteroatoms. The lowest BCUT2D eigenvalue weighted by atomic mass is 9.97. The van der Waals surface area contributed by atoms with Crippen LogP contribution in [-0.2, 0) is 4.43 Å². The Kier molecular flexibility index (Phi) is 4.44. The van der Waals surface area contributed by atoms with Gasteiger partial charge in [0.2, 0.25) is 0 Å². The summed E-state index contributed by atoms with van der Waals surface area (Å²) >= 11 is 0. The minimum absolute atomic E-state index is 0.0575. The smallest absolute Gasteiger partial charge is 0.185 e. The van der Waals surface area contributed by atoms with Crippen LogP contribution >= 0.6 is 0 Å². The summed E-state index contributed by atoms with van der Waals surface area (Å²) in [4.78, 5) is 12.1. The predicted molar refractivity (Wildman–Crippen MR) is 73.8 cm³/mol. The van der Waals surface area contributed by atoms with Crippen molar-refractivity contribution in [1.82, 2.24) is 0 Å². The van der Waals surface area contributed by atoms with Crippen molar-refractivity contribution in [2.75, 3.05) is 0 Å². The second-order valence-electron chi connectivity index (χ2n) is 5.52. The number of benzene rings is 1. The molecule has 0 radical (unpaired) electrons. The van der Waals surface area contributed by atoms with Crippen LogP contribution in [0.3, 0.4) is 0 Å². The van der Waals surface area contributed by atoms with E-state index in [-0.39, 0.29) is 12.2 Å². The van der Waals surface area contributed by atoms with E-state index in [0.717, 1.165) is 0 Å². The molecule has 18 heavy (non-hydrogen) atoms. The van der Waals surface area contributed by atoms with E-state index in [1.54, 1.807) is 19.1 Å². The number of nitriles is 1. The van der Waals surface area contributed by atoms with Crippen molar-refractivity contribution < 1.29 is 9.22 Å². The molecule has 0 amide bonds. The molecule has 0 aliphatic rings. The maximum absolute atomic E-state index is 12.1. The van der Waals surface area contributed by atoms with Crippen molar-refractivity contribution in [2.45, 2.75) is 38.6 Å². The minimum atomic E-state index is -1.86. The summed E-state index contributed by atoms with van der Waals surface area (Å²) in [5, 5.41) is 9.24. The van der Waals surface area contributed by atoms with Crippen LogP contribution in [0, 0.1) is 11.3 Å². The second kappa shape index (κ2) is 5.47. The van der Waals surface area contributed by atoms with Crippen LogP contribution in [0.2, 0.25) is 19.6 Å². The predicted octanol–water partition coefficient (Wildman–Crippen LogP) is 3.39. The molecule has 0 spiro atoms. The van der Waals surface area contributed by atoms with Gasteiger partial charge in [-0.25, -0.2) is 0 Å². The van der Waals surface area contributed by atoms with Gasteiger partial charge in [0.05, 0.1) is 12.5 Å². The quantitative estimate of drug-likeness (QED) is 0.603. The van der Waals surface area contributed by atoms with Crippen molar-refractivity contribution in [2.24, 2.45) is 0 Å². The van der Waals surface area contributed by atoms with Crippen LogP contribution in [-0.4, -0.2) is 19.7 Å². The fourth-order valence-corrected chi connectivity index (χ4v) is 3.28. The van der Waals surface area contributed by atoms with Gasteiger partial charge < -0.3 is 4.43 Å². The summed E-state index contributed by atoms with van der Waals surface area (Å²) in [5.74, 6) is -0.0575. The van der Waals surface area contributed by atoms with Crippen LogP contribution in [0.4, 0.5) is 0 Å². The van der Waals surface area contributed by atoms with Crippen molar-refractivity contribution >= 4 is 14.1 Å². The molecule has 0 aliphatic carbocycles. The van der Waals surface area contributed by atoms with Gasteiger partial charge in [0.1, 0.15) is 5.60 Å². The molecule has 0 aromatic heterocycles. The molecule has 3 nitrogen and oxygen atoms in total. The molecule has 0 N–H and O–H groups in total. The third kappa shape index (κ3) is 4.44. The highest BCUT2D eigenvalue weighted by Gasteiger charge is 2.34. The molecule has 96 valence electrons. The number of carbonyl (C=O) groups is 1. The number of rotatable bonds is 5. The molecular formula is C14H19NO2Si. The maximum Gasteiger partial charge on any atom is 0.185 e. The largest absolute Gasteiger partial charge is 0.400 e. The molecule has 1 unspecified atom stereocenters. The Bertz CT molecular complexity index is 459. The lowest BCUT2D eigenvalue weighted by Crippen LogP contribution is -2.41. The summed E-state index contributed by atoms with van der Waals surface area (Å²) in [6.07, 6.45) is 0.0950. The SMILES string of the molecule is CC(C#N)(CC(=O)c1ccccc1)O[Si](C)(C)C. The zero-order valence-corrected chi connectivity index (χ0v) is 12.4. The van der Waals surface area contributed by atoms with Crippen molar-refractivity contribution in [1.29, 1.82) is 5.26 Å². The summed E-state index contributed by atoms with van der Waals surface area (Å²) in [6.45, 7) is 7.72. The van der Waals surface area contributed by atoms with E-state index < -0.39 is 13.9 Å². The van der Waals surface area contributed by atoms with Gasteiger partial charge in [0, 0.05) is 5.56 Å². The Morgan fingerprint density at radius 3 is 2.33 bits per heavy atom. The molecule has 0 fully saturated rings. The summed E-state index contributed by atoms with van der Waals surface area (Å²) < 4.78 is 5.82.